The summed E-state index contributed by atoms with van der Waals surface area (Å²) in [6, 6.07) is 12.0. The van der Waals surface area contributed by atoms with Gasteiger partial charge in [-0.3, -0.25) is 15.6 Å². The lowest BCUT2D eigenvalue weighted by Gasteiger charge is -2.06. The minimum atomic E-state index is -3.36. The van der Waals surface area contributed by atoms with E-state index < -0.39 is 15.7 Å². The van der Waals surface area contributed by atoms with Crippen molar-refractivity contribution < 1.29 is 13.2 Å². The molecular weight excluding hydrogens is 358 g/mol. The van der Waals surface area contributed by atoms with Crippen molar-refractivity contribution in [1.29, 1.82) is 0 Å². The van der Waals surface area contributed by atoms with Crippen molar-refractivity contribution in [3.63, 3.8) is 0 Å². The van der Waals surface area contributed by atoms with Crippen LogP contribution in [0, 0.1) is 0 Å². The fraction of sp³-hybridized carbons (Fsp3) is 0.176. The van der Waals surface area contributed by atoms with Gasteiger partial charge in [0, 0.05) is 11.8 Å². The molecule has 3 rings (SSSR count). The summed E-state index contributed by atoms with van der Waals surface area (Å²) < 4.78 is 24.2. The predicted octanol–water partition coefficient (Wildman–Crippen LogP) is 3.02. The highest BCUT2D eigenvalue weighted by molar-refractivity contribution is 7.90. The predicted molar refractivity (Wildman–Crippen MR) is 99.6 cm³/mol. The molecule has 0 aliphatic carbocycles. The minimum Gasteiger partial charge on any atom is -0.273 e. The van der Waals surface area contributed by atoms with Crippen molar-refractivity contribution in [1.82, 2.24) is 10.4 Å². The molecule has 2 aromatic carbocycles. The van der Waals surface area contributed by atoms with Crippen LogP contribution >= 0.6 is 11.3 Å². The molecule has 1 heterocycles. The van der Waals surface area contributed by atoms with E-state index in [1.165, 1.54) is 35.1 Å². The Morgan fingerprint density at radius 2 is 2.00 bits per heavy atom. The Morgan fingerprint density at radius 3 is 2.72 bits per heavy atom. The average molecular weight is 375 g/mol. The molecule has 3 aromatic rings. The quantitative estimate of drug-likeness (QED) is 0.669. The van der Waals surface area contributed by atoms with Crippen molar-refractivity contribution in [2.45, 2.75) is 18.2 Å². The van der Waals surface area contributed by atoms with Gasteiger partial charge in [0.25, 0.3) is 5.91 Å². The molecule has 0 fully saturated rings. The molecule has 0 radical (unpaired) electrons. The van der Waals surface area contributed by atoms with Crippen LogP contribution in [0.2, 0.25) is 0 Å². The molecule has 6 nitrogen and oxygen atoms in total. The molecule has 25 heavy (non-hydrogen) atoms. The first-order chi connectivity index (χ1) is 11.9. The van der Waals surface area contributed by atoms with Crippen LogP contribution in [-0.4, -0.2) is 25.6 Å². The first-order valence-electron chi connectivity index (χ1n) is 7.63. The van der Waals surface area contributed by atoms with Crippen molar-refractivity contribution in [3.8, 4) is 0 Å². The van der Waals surface area contributed by atoms with Gasteiger partial charge in [-0.2, -0.15) is 0 Å². The molecular formula is C17H17N3O3S2. The van der Waals surface area contributed by atoms with Crippen molar-refractivity contribution in [2.24, 2.45) is 0 Å². The van der Waals surface area contributed by atoms with Crippen molar-refractivity contribution in [2.75, 3.05) is 11.7 Å². The van der Waals surface area contributed by atoms with Crippen LogP contribution in [0.1, 0.15) is 22.8 Å². The smallest absolute Gasteiger partial charge is 0.269 e. The molecule has 130 valence electrons. The molecule has 8 heteroatoms. The number of sulfone groups is 1. The zero-order chi connectivity index (χ0) is 18.0. The number of hydrogen-bond acceptors (Lipinski definition) is 6. The van der Waals surface area contributed by atoms with Gasteiger partial charge in [0.05, 0.1) is 15.1 Å². The zero-order valence-electron chi connectivity index (χ0n) is 13.7. The maximum Gasteiger partial charge on any atom is 0.269 e. The number of carbonyl (C=O) groups is 1. The van der Waals surface area contributed by atoms with Crippen LogP contribution in [-0.2, 0) is 16.3 Å². The van der Waals surface area contributed by atoms with E-state index in [4.69, 9.17) is 0 Å². The Labute approximate surface area is 149 Å². The summed E-state index contributed by atoms with van der Waals surface area (Å²) in [6.45, 7) is 2.09. The summed E-state index contributed by atoms with van der Waals surface area (Å²) in [6.07, 6.45) is 2.05. The SMILES string of the molecule is CCc1ccc2nc(NNC(=O)c3cccc(S(C)(=O)=O)c3)sc2c1. The topological polar surface area (TPSA) is 88.2 Å². The van der Waals surface area contributed by atoms with Gasteiger partial charge in [0.1, 0.15) is 0 Å². The number of amides is 1. The van der Waals surface area contributed by atoms with Gasteiger partial charge >= 0.3 is 0 Å². The lowest BCUT2D eigenvalue weighted by molar-refractivity contribution is 0.0962. The van der Waals surface area contributed by atoms with E-state index >= 15 is 0 Å². The summed E-state index contributed by atoms with van der Waals surface area (Å²) in [5.41, 5.74) is 7.67. The highest BCUT2D eigenvalue weighted by Gasteiger charge is 2.12. The molecule has 0 aliphatic rings. The Balaban J connectivity index is 1.74. The first kappa shape index (κ1) is 17.4. The highest BCUT2D eigenvalue weighted by Crippen LogP contribution is 2.26. The van der Waals surface area contributed by atoms with Gasteiger partial charge in [-0.15, -0.1) is 0 Å². The standard InChI is InChI=1S/C17H17N3O3S2/c1-3-11-7-8-14-15(9-11)24-17(18-14)20-19-16(21)12-5-4-6-13(10-12)25(2,22)23/h4-10H,3H2,1-2H3,(H,18,20)(H,19,21). The number of thiazole rings is 1. The second kappa shape index (κ2) is 6.81. The summed E-state index contributed by atoms with van der Waals surface area (Å²) in [5, 5.41) is 0.566. The Hall–Kier alpha value is -2.45. The number of fused-ring (bicyclic) bond motifs is 1. The van der Waals surface area contributed by atoms with Gasteiger partial charge in [0.2, 0.25) is 5.13 Å². The number of hydrogen-bond donors (Lipinski definition) is 2. The number of benzene rings is 2. The molecule has 1 amide bonds. The highest BCUT2D eigenvalue weighted by atomic mass is 32.2. The fourth-order valence-electron chi connectivity index (χ4n) is 2.29. The third kappa shape index (κ3) is 3.97. The molecule has 2 N–H and O–H groups in total. The minimum absolute atomic E-state index is 0.104. The molecule has 0 atom stereocenters. The van der Waals surface area contributed by atoms with E-state index in [0.29, 0.717) is 5.13 Å². The van der Waals surface area contributed by atoms with Crippen LogP contribution in [0.5, 0.6) is 0 Å². The lowest BCUT2D eigenvalue weighted by Crippen LogP contribution is -2.29. The normalized spacial score (nSPS) is 11.4. The van der Waals surface area contributed by atoms with E-state index in [0.717, 1.165) is 22.9 Å². The Morgan fingerprint density at radius 1 is 1.20 bits per heavy atom. The maximum atomic E-state index is 12.2. The van der Waals surface area contributed by atoms with Crippen LogP contribution < -0.4 is 10.9 Å². The first-order valence-corrected chi connectivity index (χ1v) is 10.3. The Kier molecular flexibility index (Phi) is 4.73. The largest absolute Gasteiger partial charge is 0.273 e. The van der Waals surface area contributed by atoms with Gasteiger partial charge < -0.3 is 0 Å². The number of nitrogens with zero attached hydrogens (tertiary/aromatic N) is 1. The number of rotatable bonds is 5. The van der Waals surface area contributed by atoms with Crippen molar-refractivity contribution >= 4 is 42.4 Å². The molecule has 0 saturated heterocycles. The van der Waals surface area contributed by atoms with Gasteiger partial charge in [-0.25, -0.2) is 13.4 Å². The summed E-state index contributed by atoms with van der Waals surface area (Å²) in [7, 11) is -3.36. The van der Waals surface area contributed by atoms with Crippen LogP contribution in [0.15, 0.2) is 47.4 Å². The molecule has 0 aliphatic heterocycles. The fourth-order valence-corrected chi connectivity index (χ4v) is 3.84. The van der Waals surface area contributed by atoms with Crippen LogP contribution in [0.25, 0.3) is 10.2 Å². The third-order valence-corrected chi connectivity index (χ3v) is 5.71. The van der Waals surface area contributed by atoms with Crippen LogP contribution in [0.4, 0.5) is 5.13 Å². The van der Waals surface area contributed by atoms with E-state index in [-0.39, 0.29) is 10.5 Å². The summed E-state index contributed by atoms with van der Waals surface area (Å²) >= 11 is 1.44. The van der Waals surface area contributed by atoms with Gasteiger partial charge in [-0.1, -0.05) is 30.4 Å². The van der Waals surface area contributed by atoms with Crippen LogP contribution in [0.3, 0.4) is 0 Å². The second-order valence-corrected chi connectivity index (χ2v) is 8.60. The van der Waals surface area contributed by atoms with Crippen molar-refractivity contribution in [3.05, 3.63) is 53.6 Å². The number of anilines is 1. The lowest BCUT2D eigenvalue weighted by atomic mass is 10.2. The molecule has 0 saturated carbocycles. The Bertz CT molecular complexity index is 1040. The zero-order valence-corrected chi connectivity index (χ0v) is 15.4. The van der Waals surface area contributed by atoms with E-state index in [9.17, 15) is 13.2 Å². The van der Waals surface area contributed by atoms with E-state index in [2.05, 4.69) is 28.8 Å². The monoisotopic (exact) mass is 375 g/mol. The second-order valence-electron chi connectivity index (χ2n) is 5.55. The number of aromatic nitrogens is 1. The third-order valence-electron chi connectivity index (χ3n) is 3.67. The average Bonchev–Trinajstić information content (AvgIpc) is 3.00. The van der Waals surface area contributed by atoms with Gasteiger partial charge in [0.15, 0.2) is 9.84 Å². The number of aryl methyl sites for hydroxylation is 1. The molecule has 0 spiro atoms. The summed E-state index contributed by atoms with van der Waals surface area (Å²) in [4.78, 5) is 16.7. The summed E-state index contributed by atoms with van der Waals surface area (Å²) in [5.74, 6) is -0.431. The molecule has 1 aromatic heterocycles. The molecule has 0 bridgehead atoms. The number of hydrazine groups is 1. The van der Waals surface area contributed by atoms with E-state index in [1.807, 2.05) is 12.1 Å². The number of nitrogens with one attached hydrogen (secondary N) is 2. The maximum absolute atomic E-state index is 12.2. The van der Waals surface area contributed by atoms with Gasteiger partial charge in [-0.05, 0) is 42.3 Å². The number of carbonyl (C=O) groups excluding carboxylic acids is 1. The molecule has 0 unspecified atom stereocenters. The van der Waals surface area contributed by atoms with E-state index in [1.54, 1.807) is 6.07 Å².